The Hall–Kier alpha value is -1.05. The summed E-state index contributed by atoms with van der Waals surface area (Å²) in [6.07, 6.45) is 8.06. The summed E-state index contributed by atoms with van der Waals surface area (Å²) in [4.78, 5) is 11.7. The van der Waals surface area contributed by atoms with Gasteiger partial charge in [0.25, 0.3) is 0 Å². The Bertz CT molecular complexity index is 277. The van der Waals surface area contributed by atoms with Crippen LogP contribution in [0.3, 0.4) is 0 Å². The molecule has 0 aliphatic heterocycles. The molecule has 0 aliphatic rings. The van der Waals surface area contributed by atoms with Gasteiger partial charge in [0.1, 0.15) is 5.78 Å². The molecule has 2 heteroatoms. The van der Waals surface area contributed by atoms with Crippen molar-refractivity contribution in [1.82, 2.24) is 4.57 Å². The molecule has 0 spiro atoms. The van der Waals surface area contributed by atoms with Crippen molar-refractivity contribution in [3.8, 4) is 0 Å². The number of hydrogen-bond acceptors (Lipinski definition) is 1. The van der Waals surface area contributed by atoms with E-state index in [0.717, 1.165) is 19.4 Å². The molecule has 0 aliphatic carbocycles. The molecular weight excluding hydrogens is 186 g/mol. The number of nitrogens with zero attached hydrogens (tertiary/aromatic N) is 1. The number of ketones is 1. The second-order valence-electron chi connectivity index (χ2n) is 4.18. The van der Waals surface area contributed by atoms with E-state index in [1.165, 1.54) is 6.42 Å². The van der Waals surface area contributed by atoms with Gasteiger partial charge in [-0.1, -0.05) is 26.7 Å². The minimum Gasteiger partial charge on any atom is -0.354 e. The molecule has 0 amide bonds. The molecule has 0 fully saturated rings. The molecule has 0 saturated carbocycles. The average Bonchev–Trinajstić information content (AvgIpc) is 2.75. The Morgan fingerprint density at radius 1 is 1.33 bits per heavy atom. The van der Waals surface area contributed by atoms with Crippen molar-refractivity contribution in [2.75, 3.05) is 0 Å². The number of carbonyl (C=O) groups excluding carboxylic acids is 1. The Morgan fingerprint density at radius 3 is 2.60 bits per heavy atom. The highest BCUT2D eigenvalue weighted by Crippen LogP contribution is 2.11. The van der Waals surface area contributed by atoms with Gasteiger partial charge in [-0.15, -0.1) is 0 Å². The first-order chi connectivity index (χ1) is 7.24. The molecule has 1 unspecified atom stereocenters. The second kappa shape index (κ2) is 6.44. The molecule has 0 radical (unpaired) electrons. The number of hydrogen-bond donors (Lipinski definition) is 0. The summed E-state index contributed by atoms with van der Waals surface area (Å²) in [6.45, 7) is 5.03. The molecule has 1 rings (SSSR count). The maximum atomic E-state index is 11.7. The Morgan fingerprint density at radius 2 is 2.00 bits per heavy atom. The maximum Gasteiger partial charge on any atom is 0.137 e. The fraction of sp³-hybridized carbons (Fsp3) is 0.615. The zero-order chi connectivity index (χ0) is 11.1. The minimum absolute atomic E-state index is 0.237. The molecule has 15 heavy (non-hydrogen) atoms. The van der Waals surface area contributed by atoms with Crippen LogP contribution in [0.4, 0.5) is 0 Å². The van der Waals surface area contributed by atoms with Gasteiger partial charge in [-0.2, -0.15) is 0 Å². The Kier molecular flexibility index (Phi) is 5.16. The molecule has 0 aromatic carbocycles. The summed E-state index contributed by atoms with van der Waals surface area (Å²) >= 11 is 0. The van der Waals surface area contributed by atoms with Crippen LogP contribution < -0.4 is 0 Å². The summed E-state index contributed by atoms with van der Waals surface area (Å²) in [5, 5.41) is 0. The zero-order valence-electron chi connectivity index (χ0n) is 9.78. The molecule has 0 saturated heterocycles. The standard InChI is InChI=1S/C13H21NO/c1-3-4-7-12(2)13(15)8-11-14-9-5-6-10-14/h5-6,9-10,12H,3-4,7-8,11H2,1-2H3. The van der Waals surface area contributed by atoms with Crippen molar-refractivity contribution in [2.45, 2.75) is 46.1 Å². The lowest BCUT2D eigenvalue weighted by Crippen LogP contribution is -2.13. The van der Waals surface area contributed by atoms with E-state index in [4.69, 9.17) is 0 Å². The molecule has 1 heterocycles. The van der Waals surface area contributed by atoms with Crippen molar-refractivity contribution in [3.05, 3.63) is 24.5 Å². The van der Waals surface area contributed by atoms with Crippen molar-refractivity contribution < 1.29 is 4.79 Å². The van der Waals surface area contributed by atoms with E-state index in [2.05, 4.69) is 11.5 Å². The molecule has 84 valence electrons. The first kappa shape index (κ1) is 12.0. The number of Topliss-reactive ketones (excluding diaryl/α,β-unsaturated/α-hetero) is 1. The predicted molar refractivity (Wildman–Crippen MR) is 62.7 cm³/mol. The van der Waals surface area contributed by atoms with Gasteiger partial charge in [0.15, 0.2) is 0 Å². The molecule has 0 bridgehead atoms. The van der Waals surface area contributed by atoms with Crippen molar-refractivity contribution in [1.29, 1.82) is 0 Å². The number of unbranched alkanes of at least 4 members (excludes halogenated alkanes) is 1. The van der Waals surface area contributed by atoms with Gasteiger partial charge in [-0.25, -0.2) is 0 Å². The SMILES string of the molecule is CCCCC(C)C(=O)CCn1cccc1. The van der Waals surface area contributed by atoms with Gasteiger partial charge in [-0.05, 0) is 18.6 Å². The third kappa shape index (κ3) is 4.32. The topological polar surface area (TPSA) is 22.0 Å². The molecule has 2 nitrogen and oxygen atoms in total. The van der Waals surface area contributed by atoms with Gasteiger partial charge in [0, 0.05) is 31.3 Å². The normalized spacial score (nSPS) is 12.7. The largest absolute Gasteiger partial charge is 0.354 e. The van der Waals surface area contributed by atoms with E-state index in [0.29, 0.717) is 12.2 Å². The lowest BCUT2D eigenvalue weighted by Gasteiger charge is -2.09. The first-order valence-corrected chi connectivity index (χ1v) is 5.87. The fourth-order valence-corrected chi connectivity index (χ4v) is 1.68. The number of aryl methyl sites for hydroxylation is 1. The molecule has 1 aromatic rings. The highest BCUT2D eigenvalue weighted by Gasteiger charge is 2.11. The summed E-state index contributed by atoms with van der Waals surface area (Å²) in [5.41, 5.74) is 0. The maximum absolute atomic E-state index is 11.7. The van der Waals surface area contributed by atoms with Crippen LogP contribution in [-0.2, 0) is 11.3 Å². The van der Waals surface area contributed by atoms with Crippen molar-refractivity contribution in [3.63, 3.8) is 0 Å². The van der Waals surface area contributed by atoms with Crippen LogP contribution in [0.1, 0.15) is 39.5 Å². The smallest absolute Gasteiger partial charge is 0.137 e. The van der Waals surface area contributed by atoms with E-state index < -0.39 is 0 Å². The number of rotatable bonds is 7. The third-order valence-corrected chi connectivity index (χ3v) is 2.82. The van der Waals surface area contributed by atoms with E-state index in [1.54, 1.807) is 0 Å². The molecule has 0 N–H and O–H groups in total. The Labute approximate surface area is 92.3 Å². The van der Waals surface area contributed by atoms with Gasteiger partial charge < -0.3 is 4.57 Å². The average molecular weight is 207 g/mol. The lowest BCUT2D eigenvalue weighted by molar-refractivity contribution is -0.122. The highest BCUT2D eigenvalue weighted by atomic mass is 16.1. The third-order valence-electron chi connectivity index (χ3n) is 2.82. The van der Waals surface area contributed by atoms with E-state index in [-0.39, 0.29) is 5.92 Å². The zero-order valence-corrected chi connectivity index (χ0v) is 9.78. The summed E-state index contributed by atoms with van der Waals surface area (Å²) in [5.74, 6) is 0.637. The predicted octanol–water partition coefficient (Wildman–Crippen LogP) is 3.27. The molecule has 1 aromatic heterocycles. The number of carbonyl (C=O) groups is 1. The fourth-order valence-electron chi connectivity index (χ4n) is 1.68. The highest BCUT2D eigenvalue weighted by molar-refractivity contribution is 5.80. The van der Waals surface area contributed by atoms with Gasteiger partial charge >= 0.3 is 0 Å². The van der Waals surface area contributed by atoms with Crippen LogP contribution >= 0.6 is 0 Å². The van der Waals surface area contributed by atoms with Crippen molar-refractivity contribution in [2.24, 2.45) is 5.92 Å². The molecule has 1 atom stereocenters. The second-order valence-corrected chi connectivity index (χ2v) is 4.18. The van der Waals surface area contributed by atoms with Crippen molar-refractivity contribution >= 4 is 5.78 Å². The lowest BCUT2D eigenvalue weighted by atomic mass is 9.97. The van der Waals surface area contributed by atoms with E-state index in [1.807, 2.05) is 31.5 Å². The van der Waals surface area contributed by atoms with Crippen LogP contribution in [-0.4, -0.2) is 10.4 Å². The first-order valence-electron chi connectivity index (χ1n) is 5.87. The summed E-state index contributed by atoms with van der Waals surface area (Å²) in [7, 11) is 0. The van der Waals surface area contributed by atoms with Crippen LogP contribution in [0, 0.1) is 5.92 Å². The Balaban J connectivity index is 2.23. The van der Waals surface area contributed by atoms with Crippen LogP contribution in [0.15, 0.2) is 24.5 Å². The van der Waals surface area contributed by atoms with Crippen LogP contribution in [0.2, 0.25) is 0 Å². The molecular formula is C13H21NO. The van der Waals surface area contributed by atoms with E-state index in [9.17, 15) is 4.79 Å². The minimum atomic E-state index is 0.237. The quantitative estimate of drug-likeness (QED) is 0.672. The van der Waals surface area contributed by atoms with E-state index >= 15 is 0 Å². The monoisotopic (exact) mass is 207 g/mol. The summed E-state index contributed by atoms with van der Waals surface area (Å²) in [6, 6.07) is 3.98. The van der Waals surface area contributed by atoms with Gasteiger partial charge in [0.2, 0.25) is 0 Å². The van der Waals surface area contributed by atoms with Gasteiger partial charge in [0.05, 0.1) is 0 Å². The number of aromatic nitrogens is 1. The van der Waals surface area contributed by atoms with Crippen LogP contribution in [0.25, 0.3) is 0 Å². The van der Waals surface area contributed by atoms with Gasteiger partial charge in [-0.3, -0.25) is 4.79 Å². The van der Waals surface area contributed by atoms with Crippen LogP contribution in [0.5, 0.6) is 0 Å². The summed E-state index contributed by atoms with van der Waals surface area (Å²) < 4.78 is 2.06.